The van der Waals surface area contributed by atoms with E-state index in [2.05, 4.69) is 15.5 Å². The monoisotopic (exact) mass is 404 g/mol. The highest BCUT2D eigenvalue weighted by Crippen LogP contribution is 2.24. The quantitative estimate of drug-likeness (QED) is 0.529. The second-order valence-corrected chi connectivity index (χ2v) is 6.84. The fourth-order valence-electron chi connectivity index (χ4n) is 3.04. The van der Waals surface area contributed by atoms with Gasteiger partial charge in [0.15, 0.2) is 0 Å². The molecule has 8 heteroatoms. The van der Waals surface area contributed by atoms with Crippen LogP contribution in [-0.4, -0.2) is 27.7 Å². The summed E-state index contributed by atoms with van der Waals surface area (Å²) < 4.78 is 11.7. The molecule has 1 N–H and O–H groups in total. The highest BCUT2D eigenvalue weighted by Gasteiger charge is 2.16. The number of ether oxygens (including phenoxy) is 1. The number of carbonyl (C=O) groups is 1. The van der Waals surface area contributed by atoms with E-state index in [1.54, 1.807) is 31.4 Å². The van der Waals surface area contributed by atoms with Gasteiger partial charge < -0.3 is 14.6 Å². The van der Waals surface area contributed by atoms with E-state index in [-0.39, 0.29) is 30.0 Å². The average molecular weight is 404 g/mol. The van der Waals surface area contributed by atoms with Gasteiger partial charge in [-0.1, -0.05) is 35.0 Å². The molecule has 0 saturated heterocycles. The highest BCUT2D eigenvalue weighted by atomic mass is 16.5. The standard InChI is InChI=1S/C22H20N4O4/c1-14-3-5-15(6-4-14)19-20-21(30-25-19)22(28)26(13-23-20)12-11-18(27)24-16-7-9-17(29-2)10-8-16/h3-10,13H,11-12H2,1-2H3,(H,24,27). The Kier molecular flexibility index (Phi) is 5.30. The predicted molar refractivity (Wildman–Crippen MR) is 112 cm³/mol. The molecule has 2 aromatic heterocycles. The van der Waals surface area contributed by atoms with Crippen molar-refractivity contribution in [3.63, 3.8) is 0 Å². The van der Waals surface area contributed by atoms with Crippen LogP contribution in [0.1, 0.15) is 12.0 Å². The zero-order chi connectivity index (χ0) is 21.1. The third-order valence-corrected chi connectivity index (χ3v) is 4.73. The number of aromatic nitrogens is 3. The van der Waals surface area contributed by atoms with Crippen LogP contribution >= 0.6 is 0 Å². The van der Waals surface area contributed by atoms with Crippen molar-refractivity contribution >= 4 is 22.7 Å². The molecule has 4 rings (SSSR count). The highest BCUT2D eigenvalue weighted by molar-refractivity contribution is 5.90. The molecule has 0 aliphatic rings. The van der Waals surface area contributed by atoms with Crippen LogP contribution in [0.4, 0.5) is 5.69 Å². The van der Waals surface area contributed by atoms with Crippen molar-refractivity contribution in [2.45, 2.75) is 19.9 Å². The molecule has 0 unspecified atom stereocenters. The SMILES string of the molecule is COc1ccc(NC(=O)CCn2cnc3c(-c4ccc(C)cc4)noc3c2=O)cc1. The zero-order valence-electron chi connectivity index (χ0n) is 16.6. The number of amides is 1. The molecule has 30 heavy (non-hydrogen) atoms. The summed E-state index contributed by atoms with van der Waals surface area (Å²) in [7, 11) is 1.58. The molecule has 8 nitrogen and oxygen atoms in total. The van der Waals surface area contributed by atoms with Crippen molar-refractivity contribution in [1.82, 2.24) is 14.7 Å². The topological polar surface area (TPSA) is 99.2 Å². The molecule has 1 amide bonds. The van der Waals surface area contributed by atoms with Crippen molar-refractivity contribution in [1.29, 1.82) is 0 Å². The van der Waals surface area contributed by atoms with E-state index in [0.29, 0.717) is 22.6 Å². The summed E-state index contributed by atoms with van der Waals surface area (Å²) in [6.45, 7) is 2.16. The molecule has 0 aliphatic carbocycles. The van der Waals surface area contributed by atoms with Crippen LogP contribution in [0.3, 0.4) is 0 Å². The summed E-state index contributed by atoms with van der Waals surface area (Å²) in [6.07, 6.45) is 1.53. The van der Waals surface area contributed by atoms with E-state index in [1.165, 1.54) is 10.9 Å². The molecule has 0 saturated carbocycles. The summed E-state index contributed by atoms with van der Waals surface area (Å²) >= 11 is 0. The van der Waals surface area contributed by atoms with Gasteiger partial charge in [-0.2, -0.15) is 0 Å². The van der Waals surface area contributed by atoms with E-state index in [4.69, 9.17) is 9.26 Å². The molecule has 0 spiro atoms. The lowest BCUT2D eigenvalue weighted by Gasteiger charge is -2.07. The minimum absolute atomic E-state index is 0.0728. The van der Waals surface area contributed by atoms with Crippen molar-refractivity contribution in [2.75, 3.05) is 12.4 Å². The number of fused-ring (bicyclic) bond motifs is 1. The largest absolute Gasteiger partial charge is 0.497 e. The van der Waals surface area contributed by atoms with Crippen molar-refractivity contribution < 1.29 is 14.1 Å². The Morgan fingerprint density at radius 2 is 1.87 bits per heavy atom. The first-order chi connectivity index (χ1) is 14.5. The maximum absolute atomic E-state index is 12.7. The van der Waals surface area contributed by atoms with Gasteiger partial charge in [-0.25, -0.2) is 4.98 Å². The van der Waals surface area contributed by atoms with E-state index >= 15 is 0 Å². The number of methoxy groups -OCH3 is 1. The number of anilines is 1. The third-order valence-electron chi connectivity index (χ3n) is 4.73. The van der Waals surface area contributed by atoms with Gasteiger partial charge in [0.05, 0.1) is 13.4 Å². The van der Waals surface area contributed by atoms with Gasteiger partial charge in [0.2, 0.25) is 5.91 Å². The first-order valence-corrected chi connectivity index (χ1v) is 9.41. The van der Waals surface area contributed by atoms with Crippen LogP contribution in [0.25, 0.3) is 22.4 Å². The predicted octanol–water partition coefficient (Wildman–Crippen LogP) is 3.40. The van der Waals surface area contributed by atoms with Gasteiger partial charge in [0.1, 0.15) is 17.0 Å². The summed E-state index contributed by atoms with van der Waals surface area (Å²) in [5, 5.41) is 6.81. The molecule has 2 heterocycles. The van der Waals surface area contributed by atoms with Crippen molar-refractivity contribution in [3.8, 4) is 17.0 Å². The maximum Gasteiger partial charge on any atom is 0.299 e. The van der Waals surface area contributed by atoms with Crippen molar-refractivity contribution in [2.24, 2.45) is 0 Å². The Bertz CT molecular complexity index is 1240. The van der Waals surface area contributed by atoms with Gasteiger partial charge >= 0.3 is 0 Å². The van der Waals surface area contributed by atoms with Crippen LogP contribution in [0.2, 0.25) is 0 Å². The zero-order valence-corrected chi connectivity index (χ0v) is 16.6. The van der Waals surface area contributed by atoms with E-state index in [1.807, 2.05) is 31.2 Å². The molecular formula is C22H20N4O4. The van der Waals surface area contributed by atoms with Gasteiger partial charge in [-0.05, 0) is 31.2 Å². The van der Waals surface area contributed by atoms with E-state index in [9.17, 15) is 9.59 Å². The second kappa shape index (κ2) is 8.20. The average Bonchev–Trinajstić information content (AvgIpc) is 3.19. The number of nitrogens with one attached hydrogen (secondary N) is 1. The van der Waals surface area contributed by atoms with Gasteiger partial charge in [-0.15, -0.1) is 0 Å². The molecule has 0 radical (unpaired) electrons. The normalized spacial score (nSPS) is 10.9. The number of rotatable bonds is 6. The Labute approximate surface area is 172 Å². The van der Waals surface area contributed by atoms with E-state index in [0.717, 1.165) is 11.1 Å². The molecule has 152 valence electrons. The number of aryl methyl sites for hydroxylation is 2. The number of carbonyl (C=O) groups excluding carboxylic acids is 1. The molecule has 0 aliphatic heterocycles. The fraction of sp³-hybridized carbons (Fsp3) is 0.182. The lowest BCUT2D eigenvalue weighted by Crippen LogP contribution is -2.23. The fourth-order valence-corrected chi connectivity index (χ4v) is 3.04. The minimum Gasteiger partial charge on any atom is -0.497 e. The van der Waals surface area contributed by atoms with Gasteiger partial charge in [-0.3, -0.25) is 14.2 Å². The molecule has 4 aromatic rings. The Morgan fingerprint density at radius 3 is 2.57 bits per heavy atom. The van der Waals surface area contributed by atoms with Crippen molar-refractivity contribution in [3.05, 3.63) is 70.8 Å². The van der Waals surface area contributed by atoms with Crippen LogP contribution in [-0.2, 0) is 11.3 Å². The number of hydrogen-bond donors (Lipinski definition) is 1. The summed E-state index contributed by atoms with van der Waals surface area (Å²) in [5.74, 6) is 0.487. The van der Waals surface area contributed by atoms with Gasteiger partial charge in [0, 0.05) is 24.2 Å². The van der Waals surface area contributed by atoms with Crippen LogP contribution < -0.4 is 15.6 Å². The minimum atomic E-state index is -0.372. The summed E-state index contributed by atoms with van der Waals surface area (Å²) in [4.78, 5) is 29.3. The Hall–Kier alpha value is -3.94. The summed E-state index contributed by atoms with van der Waals surface area (Å²) in [6, 6.07) is 14.7. The Balaban J connectivity index is 1.48. The lowest BCUT2D eigenvalue weighted by molar-refractivity contribution is -0.116. The third kappa shape index (κ3) is 3.93. The first kappa shape index (κ1) is 19.4. The van der Waals surface area contributed by atoms with Crippen LogP contribution in [0.15, 0.2) is 64.2 Å². The number of nitrogens with zero attached hydrogens (tertiary/aromatic N) is 3. The number of hydrogen-bond acceptors (Lipinski definition) is 6. The van der Waals surface area contributed by atoms with Gasteiger partial charge in [0.25, 0.3) is 11.1 Å². The molecule has 2 aromatic carbocycles. The molecule has 0 atom stereocenters. The molecule has 0 fully saturated rings. The lowest BCUT2D eigenvalue weighted by atomic mass is 10.1. The van der Waals surface area contributed by atoms with Crippen LogP contribution in [0.5, 0.6) is 5.75 Å². The molecular weight excluding hydrogens is 384 g/mol. The van der Waals surface area contributed by atoms with E-state index < -0.39 is 0 Å². The second-order valence-electron chi connectivity index (χ2n) is 6.84. The maximum atomic E-state index is 12.7. The van der Waals surface area contributed by atoms with Crippen LogP contribution in [0, 0.1) is 6.92 Å². The Morgan fingerprint density at radius 1 is 1.13 bits per heavy atom. The summed E-state index contributed by atoms with van der Waals surface area (Å²) in [5.41, 5.74) is 3.22. The molecule has 0 bridgehead atoms. The number of benzene rings is 2. The smallest absolute Gasteiger partial charge is 0.299 e. The first-order valence-electron chi connectivity index (χ1n) is 9.41.